The molecule has 1 atom stereocenters. The molecule has 1 unspecified atom stereocenters. The van der Waals surface area contributed by atoms with E-state index in [4.69, 9.17) is 0 Å². The van der Waals surface area contributed by atoms with Crippen molar-refractivity contribution in [3.8, 4) is 0 Å². The lowest BCUT2D eigenvalue weighted by Crippen LogP contribution is -2.33. The summed E-state index contributed by atoms with van der Waals surface area (Å²) in [7, 11) is 0. The number of amides is 1. The summed E-state index contributed by atoms with van der Waals surface area (Å²) in [5.74, 6) is 2.26. The summed E-state index contributed by atoms with van der Waals surface area (Å²) in [4.78, 5) is 24.4. The Morgan fingerprint density at radius 1 is 1.24 bits per heavy atom. The average Bonchev–Trinajstić information content (AvgIpc) is 3.04. The number of imidazole rings is 1. The van der Waals surface area contributed by atoms with Gasteiger partial charge in [0.2, 0.25) is 5.91 Å². The van der Waals surface area contributed by atoms with E-state index in [1.54, 1.807) is 18.0 Å². The number of carbonyl (C=O) groups excluding carboxylic acids is 1. The van der Waals surface area contributed by atoms with Crippen molar-refractivity contribution in [1.29, 1.82) is 0 Å². The first-order chi connectivity index (χ1) is 12.1. The predicted molar refractivity (Wildman–Crippen MR) is 102 cm³/mol. The van der Waals surface area contributed by atoms with Gasteiger partial charge < -0.3 is 10.3 Å². The standard InChI is InChI=1S/C19H22N4OS/c1-13(2)18(19-21-15-7-3-4-8-16(15)22-19)23-17(24)12-25-11-14-6-5-9-20-10-14/h3-10,13,18H,11-12H2,1-2H3,(H,21,22)(H,23,24). The van der Waals surface area contributed by atoms with Gasteiger partial charge in [0.1, 0.15) is 5.82 Å². The molecule has 1 aromatic carbocycles. The van der Waals surface area contributed by atoms with Gasteiger partial charge >= 0.3 is 0 Å². The Hall–Kier alpha value is -2.34. The fraction of sp³-hybridized carbons (Fsp3) is 0.316. The summed E-state index contributed by atoms with van der Waals surface area (Å²) in [6.07, 6.45) is 3.58. The Balaban J connectivity index is 1.60. The molecule has 0 aliphatic heterocycles. The number of rotatable bonds is 7. The maximum atomic E-state index is 12.3. The molecular formula is C19H22N4OS. The number of hydrogen-bond donors (Lipinski definition) is 2. The maximum Gasteiger partial charge on any atom is 0.230 e. The van der Waals surface area contributed by atoms with Gasteiger partial charge in [-0.05, 0) is 29.7 Å². The third kappa shape index (κ3) is 4.60. The van der Waals surface area contributed by atoms with Gasteiger partial charge in [0.05, 0.1) is 22.8 Å². The van der Waals surface area contributed by atoms with Gasteiger partial charge in [-0.25, -0.2) is 4.98 Å². The summed E-state index contributed by atoms with van der Waals surface area (Å²) in [5, 5.41) is 3.11. The van der Waals surface area contributed by atoms with E-state index in [1.807, 2.05) is 42.6 Å². The fourth-order valence-corrected chi connectivity index (χ4v) is 3.41. The molecule has 0 bridgehead atoms. The highest BCUT2D eigenvalue weighted by Gasteiger charge is 2.21. The predicted octanol–water partition coefficient (Wildman–Crippen LogP) is 3.70. The van der Waals surface area contributed by atoms with Crippen LogP contribution in [0, 0.1) is 5.92 Å². The number of aromatic nitrogens is 3. The van der Waals surface area contributed by atoms with Crippen LogP contribution in [0.25, 0.3) is 11.0 Å². The quantitative estimate of drug-likeness (QED) is 0.679. The van der Waals surface area contributed by atoms with Crippen molar-refractivity contribution in [3.05, 3.63) is 60.2 Å². The van der Waals surface area contributed by atoms with Crippen LogP contribution in [-0.2, 0) is 10.5 Å². The normalized spacial score (nSPS) is 12.4. The Kier molecular flexibility index (Phi) is 5.71. The molecule has 0 saturated heterocycles. The van der Waals surface area contributed by atoms with Gasteiger partial charge in [-0.1, -0.05) is 32.0 Å². The van der Waals surface area contributed by atoms with Crippen LogP contribution in [0.4, 0.5) is 0 Å². The second kappa shape index (κ2) is 8.16. The van der Waals surface area contributed by atoms with E-state index in [0.29, 0.717) is 5.75 Å². The molecule has 2 N–H and O–H groups in total. The Labute approximate surface area is 151 Å². The highest BCUT2D eigenvalue weighted by Crippen LogP contribution is 2.22. The van der Waals surface area contributed by atoms with Gasteiger partial charge in [-0.3, -0.25) is 9.78 Å². The molecule has 3 rings (SSSR count). The Morgan fingerprint density at radius 3 is 2.80 bits per heavy atom. The third-order valence-corrected chi connectivity index (χ3v) is 4.91. The van der Waals surface area contributed by atoms with Crippen molar-refractivity contribution in [1.82, 2.24) is 20.3 Å². The fourth-order valence-electron chi connectivity index (χ4n) is 2.63. The lowest BCUT2D eigenvalue weighted by molar-refractivity contribution is -0.119. The number of carbonyl (C=O) groups is 1. The molecule has 1 amide bonds. The Morgan fingerprint density at radius 2 is 2.08 bits per heavy atom. The molecule has 3 aromatic rings. The lowest BCUT2D eigenvalue weighted by atomic mass is 10.0. The number of thioether (sulfide) groups is 1. The van der Waals surface area contributed by atoms with E-state index < -0.39 is 0 Å². The van der Waals surface area contributed by atoms with E-state index in [0.717, 1.165) is 28.2 Å². The van der Waals surface area contributed by atoms with Crippen LogP contribution >= 0.6 is 11.8 Å². The molecule has 0 aliphatic carbocycles. The molecule has 2 aromatic heterocycles. The molecule has 0 saturated carbocycles. The lowest BCUT2D eigenvalue weighted by Gasteiger charge is -2.20. The molecule has 6 heteroatoms. The number of nitrogens with one attached hydrogen (secondary N) is 2. The van der Waals surface area contributed by atoms with Crippen LogP contribution in [0.3, 0.4) is 0 Å². The number of fused-ring (bicyclic) bond motifs is 1. The second-order valence-corrected chi connectivity index (χ2v) is 7.27. The number of nitrogens with zero attached hydrogens (tertiary/aromatic N) is 2. The van der Waals surface area contributed by atoms with Crippen molar-refractivity contribution < 1.29 is 4.79 Å². The zero-order valence-electron chi connectivity index (χ0n) is 14.4. The second-order valence-electron chi connectivity index (χ2n) is 6.28. The van der Waals surface area contributed by atoms with Crippen LogP contribution in [0.1, 0.15) is 31.3 Å². The van der Waals surface area contributed by atoms with Crippen molar-refractivity contribution >= 4 is 28.7 Å². The minimum Gasteiger partial charge on any atom is -0.345 e. The van der Waals surface area contributed by atoms with Crippen LogP contribution < -0.4 is 5.32 Å². The number of aromatic amines is 1. The first kappa shape index (κ1) is 17.5. The van der Waals surface area contributed by atoms with Gasteiger partial charge in [-0.2, -0.15) is 0 Å². The molecule has 25 heavy (non-hydrogen) atoms. The minimum atomic E-state index is -0.126. The first-order valence-corrected chi connectivity index (χ1v) is 9.49. The third-order valence-electron chi connectivity index (χ3n) is 3.91. The monoisotopic (exact) mass is 354 g/mol. The molecule has 130 valence electrons. The number of hydrogen-bond acceptors (Lipinski definition) is 4. The summed E-state index contributed by atoms with van der Waals surface area (Å²) >= 11 is 1.59. The van der Waals surface area contributed by atoms with Gasteiger partial charge in [0.25, 0.3) is 0 Å². The van der Waals surface area contributed by atoms with E-state index >= 15 is 0 Å². The van der Waals surface area contributed by atoms with Crippen molar-refractivity contribution in [2.24, 2.45) is 5.92 Å². The highest BCUT2D eigenvalue weighted by molar-refractivity contribution is 7.99. The van der Waals surface area contributed by atoms with Crippen molar-refractivity contribution in [2.75, 3.05) is 5.75 Å². The molecule has 2 heterocycles. The number of pyridine rings is 1. The van der Waals surface area contributed by atoms with Gasteiger partial charge in [-0.15, -0.1) is 11.8 Å². The van der Waals surface area contributed by atoms with Crippen LogP contribution in [0.5, 0.6) is 0 Å². The van der Waals surface area contributed by atoms with Crippen molar-refractivity contribution in [3.63, 3.8) is 0 Å². The Bertz CT molecular complexity index is 799. The molecule has 5 nitrogen and oxygen atoms in total. The summed E-state index contributed by atoms with van der Waals surface area (Å²) in [6.45, 7) is 4.17. The highest BCUT2D eigenvalue weighted by atomic mass is 32.2. The minimum absolute atomic E-state index is 0.0213. The molecular weight excluding hydrogens is 332 g/mol. The zero-order valence-corrected chi connectivity index (χ0v) is 15.2. The first-order valence-electron chi connectivity index (χ1n) is 8.34. The van der Waals surface area contributed by atoms with Crippen LogP contribution in [0.15, 0.2) is 48.8 Å². The topological polar surface area (TPSA) is 70.7 Å². The van der Waals surface area contributed by atoms with Crippen LogP contribution in [-0.4, -0.2) is 26.6 Å². The molecule has 0 fully saturated rings. The van der Waals surface area contributed by atoms with Gasteiger partial charge in [0.15, 0.2) is 0 Å². The van der Waals surface area contributed by atoms with Crippen LogP contribution in [0.2, 0.25) is 0 Å². The number of benzene rings is 1. The number of H-pyrrole nitrogens is 1. The maximum absolute atomic E-state index is 12.3. The zero-order chi connectivity index (χ0) is 17.6. The summed E-state index contributed by atoms with van der Waals surface area (Å²) in [6, 6.07) is 11.7. The van der Waals surface area contributed by atoms with E-state index in [9.17, 15) is 4.79 Å². The average molecular weight is 354 g/mol. The molecule has 0 radical (unpaired) electrons. The largest absolute Gasteiger partial charge is 0.345 e. The summed E-state index contributed by atoms with van der Waals surface area (Å²) < 4.78 is 0. The number of para-hydroxylation sites is 2. The smallest absolute Gasteiger partial charge is 0.230 e. The molecule has 0 aliphatic rings. The summed E-state index contributed by atoms with van der Waals surface area (Å²) in [5.41, 5.74) is 3.03. The van der Waals surface area contributed by atoms with Crippen molar-refractivity contribution in [2.45, 2.75) is 25.6 Å². The van der Waals surface area contributed by atoms with Gasteiger partial charge in [0, 0.05) is 18.1 Å². The SMILES string of the molecule is CC(C)C(NC(=O)CSCc1cccnc1)c1nc2ccccc2[nH]1. The van der Waals surface area contributed by atoms with E-state index in [1.165, 1.54) is 0 Å². The van der Waals surface area contributed by atoms with E-state index in [2.05, 4.69) is 34.1 Å². The molecule has 0 spiro atoms. The van der Waals surface area contributed by atoms with E-state index in [-0.39, 0.29) is 17.9 Å².